The summed E-state index contributed by atoms with van der Waals surface area (Å²) in [5, 5.41) is 6.51. The highest BCUT2D eigenvalue weighted by Crippen LogP contribution is 2.10. The van der Waals surface area contributed by atoms with Crippen LogP contribution in [0.3, 0.4) is 0 Å². The summed E-state index contributed by atoms with van der Waals surface area (Å²) >= 11 is 0. The minimum absolute atomic E-state index is 0. The molecule has 2 rings (SSSR count). The third-order valence-corrected chi connectivity index (χ3v) is 4.70. The van der Waals surface area contributed by atoms with Crippen LogP contribution in [-0.4, -0.2) is 36.4 Å². The van der Waals surface area contributed by atoms with Crippen molar-refractivity contribution in [2.75, 3.05) is 19.6 Å². The molecule has 2 aromatic carbocycles. The standard InChI is InChI=1S/C23H31FN4O.HI/c1-5-25-23(27-16-19-10-13-21(24)17(4)14-19)26-15-18-8-11-20(12-9-18)22(29)28(6-2)7-3;/h8-14H,5-7,15-16H2,1-4H3,(H2,25,26,27);1H. The van der Waals surface area contributed by atoms with Crippen molar-refractivity contribution in [1.82, 2.24) is 15.5 Å². The maximum atomic E-state index is 13.4. The van der Waals surface area contributed by atoms with E-state index in [4.69, 9.17) is 0 Å². The Morgan fingerprint density at radius 3 is 2.20 bits per heavy atom. The second-order valence-electron chi connectivity index (χ2n) is 6.81. The summed E-state index contributed by atoms with van der Waals surface area (Å²) in [6.45, 7) is 10.9. The number of amides is 1. The predicted molar refractivity (Wildman–Crippen MR) is 132 cm³/mol. The molecule has 0 radical (unpaired) electrons. The molecule has 164 valence electrons. The molecule has 0 bridgehead atoms. The summed E-state index contributed by atoms with van der Waals surface area (Å²) in [5.41, 5.74) is 3.34. The van der Waals surface area contributed by atoms with Crippen LogP contribution in [0.1, 0.15) is 47.8 Å². The number of guanidine groups is 1. The Kier molecular flexibility index (Phi) is 11.4. The van der Waals surface area contributed by atoms with Gasteiger partial charge in [0.1, 0.15) is 5.82 Å². The van der Waals surface area contributed by atoms with Gasteiger partial charge in [-0.2, -0.15) is 0 Å². The summed E-state index contributed by atoms with van der Waals surface area (Å²) in [6.07, 6.45) is 0. The largest absolute Gasteiger partial charge is 0.357 e. The van der Waals surface area contributed by atoms with E-state index in [1.54, 1.807) is 17.9 Å². The Hall–Kier alpha value is -2.16. The average Bonchev–Trinajstić information content (AvgIpc) is 2.73. The molecule has 0 aliphatic rings. The van der Waals surface area contributed by atoms with Crippen LogP contribution in [-0.2, 0) is 13.1 Å². The van der Waals surface area contributed by atoms with Crippen LogP contribution >= 0.6 is 24.0 Å². The lowest BCUT2D eigenvalue weighted by Crippen LogP contribution is -2.36. The first-order chi connectivity index (χ1) is 14.0. The predicted octanol–water partition coefficient (Wildman–Crippen LogP) is 4.49. The van der Waals surface area contributed by atoms with Crippen LogP contribution in [0, 0.1) is 12.7 Å². The van der Waals surface area contributed by atoms with Crippen LogP contribution in [0.4, 0.5) is 4.39 Å². The van der Waals surface area contributed by atoms with Gasteiger partial charge in [-0.25, -0.2) is 9.38 Å². The van der Waals surface area contributed by atoms with Gasteiger partial charge in [0.2, 0.25) is 0 Å². The third-order valence-electron chi connectivity index (χ3n) is 4.70. The Morgan fingerprint density at radius 1 is 1.00 bits per heavy atom. The van der Waals surface area contributed by atoms with Crippen LogP contribution < -0.4 is 10.6 Å². The van der Waals surface area contributed by atoms with E-state index < -0.39 is 0 Å². The minimum Gasteiger partial charge on any atom is -0.357 e. The number of hydrogen-bond acceptors (Lipinski definition) is 2. The molecule has 0 heterocycles. The van der Waals surface area contributed by atoms with Gasteiger partial charge >= 0.3 is 0 Å². The number of nitrogens with one attached hydrogen (secondary N) is 2. The molecule has 0 fully saturated rings. The molecule has 0 spiro atoms. The van der Waals surface area contributed by atoms with Gasteiger partial charge in [0.15, 0.2) is 5.96 Å². The molecule has 2 N–H and O–H groups in total. The molecule has 7 heteroatoms. The average molecular weight is 526 g/mol. The first kappa shape index (κ1) is 25.9. The molecule has 0 unspecified atom stereocenters. The number of benzene rings is 2. The molecule has 0 saturated carbocycles. The van der Waals surface area contributed by atoms with Gasteiger partial charge in [-0.15, -0.1) is 24.0 Å². The molecule has 0 saturated heterocycles. The molecule has 0 aromatic heterocycles. The maximum absolute atomic E-state index is 13.4. The lowest BCUT2D eigenvalue weighted by Gasteiger charge is -2.18. The van der Waals surface area contributed by atoms with Gasteiger partial charge in [0, 0.05) is 31.7 Å². The third kappa shape index (κ3) is 7.59. The van der Waals surface area contributed by atoms with Crippen LogP contribution in [0.25, 0.3) is 0 Å². The SMILES string of the molecule is CCNC(=NCc1ccc(F)c(C)c1)NCc1ccc(C(=O)N(CC)CC)cc1.I. The Bertz CT molecular complexity index is 836. The van der Waals surface area contributed by atoms with Gasteiger partial charge in [0.25, 0.3) is 5.91 Å². The molecule has 5 nitrogen and oxygen atoms in total. The number of halogens is 2. The van der Waals surface area contributed by atoms with Gasteiger partial charge in [-0.05, 0) is 62.6 Å². The molecule has 0 aliphatic carbocycles. The summed E-state index contributed by atoms with van der Waals surface area (Å²) in [6, 6.07) is 12.7. The molecule has 2 aromatic rings. The number of nitrogens with zero attached hydrogens (tertiary/aromatic N) is 2. The van der Waals surface area contributed by atoms with Crippen molar-refractivity contribution in [3.63, 3.8) is 0 Å². The van der Waals surface area contributed by atoms with Gasteiger partial charge in [-0.3, -0.25) is 4.79 Å². The second kappa shape index (κ2) is 13.2. The highest BCUT2D eigenvalue weighted by atomic mass is 127. The molecular formula is C23H32FIN4O. The first-order valence-corrected chi connectivity index (χ1v) is 10.1. The van der Waals surface area contributed by atoms with E-state index >= 15 is 0 Å². The summed E-state index contributed by atoms with van der Waals surface area (Å²) in [7, 11) is 0. The quantitative estimate of drug-likeness (QED) is 0.303. The van der Waals surface area contributed by atoms with E-state index in [2.05, 4.69) is 15.6 Å². The van der Waals surface area contributed by atoms with E-state index in [-0.39, 0.29) is 35.7 Å². The number of aryl methyl sites for hydroxylation is 1. The monoisotopic (exact) mass is 526 g/mol. The summed E-state index contributed by atoms with van der Waals surface area (Å²) in [4.78, 5) is 18.8. The van der Waals surface area contributed by atoms with E-state index in [1.807, 2.05) is 51.1 Å². The van der Waals surface area contributed by atoms with Crippen molar-refractivity contribution < 1.29 is 9.18 Å². The van der Waals surface area contributed by atoms with Crippen molar-refractivity contribution in [3.8, 4) is 0 Å². The zero-order chi connectivity index (χ0) is 21.2. The van der Waals surface area contributed by atoms with Crippen LogP contribution in [0.5, 0.6) is 0 Å². The highest BCUT2D eigenvalue weighted by molar-refractivity contribution is 14.0. The Morgan fingerprint density at radius 2 is 1.63 bits per heavy atom. The molecule has 30 heavy (non-hydrogen) atoms. The Labute approximate surface area is 196 Å². The number of carbonyl (C=O) groups excluding carboxylic acids is 1. The molecular weight excluding hydrogens is 494 g/mol. The van der Waals surface area contributed by atoms with Gasteiger partial charge < -0.3 is 15.5 Å². The fourth-order valence-corrected chi connectivity index (χ4v) is 2.96. The van der Waals surface area contributed by atoms with E-state index in [1.165, 1.54) is 6.07 Å². The number of hydrogen-bond donors (Lipinski definition) is 2. The number of carbonyl (C=O) groups is 1. The summed E-state index contributed by atoms with van der Waals surface area (Å²) in [5.74, 6) is 0.544. The molecule has 0 aliphatic heterocycles. The van der Waals surface area contributed by atoms with Gasteiger partial charge in [-0.1, -0.05) is 24.3 Å². The zero-order valence-corrected chi connectivity index (χ0v) is 20.5. The highest BCUT2D eigenvalue weighted by Gasteiger charge is 2.11. The fraction of sp³-hybridized carbons (Fsp3) is 0.391. The zero-order valence-electron chi connectivity index (χ0n) is 18.2. The van der Waals surface area contributed by atoms with E-state index in [0.29, 0.717) is 43.3 Å². The normalized spacial score (nSPS) is 10.9. The van der Waals surface area contributed by atoms with Crippen molar-refractivity contribution in [1.29, 1.82) is 0 Å². The molecule has 0 atom stereocenters. The van der Waals surface area contributed by atoms with Crippen LogP contribution in [0.2, 0.25) is 0 Å². The summed E-state index contributed by atoms with van der Waals surface area (Å²) < 4.78 is 13.4. The van der Waals surface area contributed by atoms with Gasteiger partial charge in [0.05, 0.1) is 6.54 Å². The van der Waals surface area contributed by atoms with Crippen LogP contribution in [0.15, 0.2) is 47.5 Å². The smallest absolute Gasteiger partial charge is 0.253 e. The fourth-order valence-electron chi connectivity index (χ4n) is 2.96. The van der Waals surface area contributed by atoms with E-state index in [9.17, 15) is 9.18 Å². The van der Waals surface area contributed by atoms with Crippen molar-refractivity contribution >= 4 is 35.8 Å². The van der Waals surface area contributed by atoms with E-state index in [0.717, 1.165) is 17.7 Å². The minimum atomic E-state index is -0.203. The number of rotatable bonds is 8. The lowest BCUT2D eigenvalue weighted by atomic mass is 10.1. The number of aliphatic imine (C=N–C) groups is 1. The lowest BCUT2D eigenvalue weighted by molar-refractivity contribution is 0.0773. The molecule has 1 amide bonds. The van der Waals surface area contributed by atoms with Crippen molar-refractivity contribution in [2.45, 2.75) is 40.8 Å². The second-order valence-corrected chi connectivity index (χ2v) is 6.81. The topological polar surface area (TPSA) is 56.7 Å². The van der Waals surface area contributed by atoms with Crippen molar-refractivity contribution in [3.05, 3.63) is 70.5 Å². The van der Waals surface area contributed by atoms with Crippen molar-refractivity contribution in [2.24, 2.45) is 4.99 Å². The maximum Gasteiger partial charge on any atom is 0.253 e. The first-order valence-electron chi connectivity index (χ1n) is 10.1. The Balaban J connectivity index is 0.00000450.